The molecular formula is C10H11NOS. The maximum absolute atomic E-state index is 10.8. The Morgan fingerprint density at radius 2 is 2.08 bits per heavy atom. The van der Waals surface area contributed by atoms with Crippen LogP contribution < -0.4 is 5.32 Å². The third-order valence-corrected chi connectivity index (χ3v) is 1.89. The first-order valence-electron chi connectivity index (χ1n) is 3.90. The van der Waals surface area contributed by atoms with Gasteiger partial charge in [-0.2, -0.15) is 0 Å². The molecule has 1 N–H and O–H groups in total. The summed E-state index contributed by atoms with van der Waals surface area (Å²) < 4.78 is 0. The van der Waals surface area contributed by atoms with Crippen LogP contribution in [0.3, 0.4) is 0 Å². The van der Waals surface area contributed by atoms with Crippen LogP contribution in [-0.2, 0) is 11.3 Å². The van der Waals surface area contributed by atoms with E-state index in [4.69, 9.17) is 0 Å². The van der Waals surface area contributed by atoms with Gasteiger partial charge in [0.05, 0.1) is 0 Å². The normalized spacial score (nSPS) is 9.31. The summed E-state index contributed by atoms with van der Waals surface area (Å²) >= 11 is 4.16. The monoisotopic (exact) mass is 193 g/mol. The number of carbonyl (C=O) groups excluding carboxylic acids is 1. The number of thiol groups is 1. The average Bonchev–Trinajstić information content (AvgIpc) is 2.16. The van der Waals surface area contributed by atoms with Gasteiger partial charge in [-0.15, -0.1) is 12.6 Å². The first kappa shape index (κ1) is 9.86. The Bertz CT molecular complexity index is 305. The molecule has 1 rings (SSSR count). The number of benzene rings is 1. The minimum atomic E-state index is -0.157. The van der Waals surface area contributed by atoms with Gasteiger partial charge < -0.3 is 5.32 Å². The van der Waals surface area contributed by atoms with E-state index >= 15 is 0 Å². The number of carbonyl (C=O) groups is 1. The van der Waals surface area contributed by atoms with E-state index in [1.54, 1.807) is 0 Å². The van der Waals surface area contributed by atoms with E-state index in [9.17, 15) is 4.79 Å². The molecule has 1 aromatic carbocycles. The average molecular weight is 193 g/mol. The highest BCUT2D eigenvalue weighted by Crippen LogP contribution is 2.07. The summed E-state index contributed by atoms with van der Waals surface area (Å²) in [6, 6.07) is 7.62. The summed E-state index contributed by atoms with van der Waals surface area (Å²) in [7, 11) is 0. The van der Waals surface area contributed by atoms with Crippen molar-refractivity contribution in [3.05, 3.63) is 42.5 Å². The van der Waals surface area contributed by atoms with Crippen molar-refractivity contribution in [1.82, 2.24) is 5.32 Å². The van der Waals surface area contributed by atoms with Gasteiger partial charge in [-0.05, 0) is 23.8 Å². The van der Waals surface area contributed by atoms with Crippen LogP contribution >= 0.6 is 12.6 Å². The number of hydrogen-bond donors (Lipinski definition) is 2. The van der Waals surface area contributed by atoms with Gasteiger partial charge in [0, 0.05) is 11.4 Å². The van der Waals surface area contributed by atoms with E-state index in [1.807, 2.05) is 24.3 Å². The maximum atomic E-state index is 10.8. The molecule has 0 aliphatic heterocycles. The lowest BCUT2D eigenvalue weighted by Crippen LogP contribution is -2.19. The third kappa shape index (κ3) is 3.34. The Morgan fingerprint density at radius 3 is 2.62 bits per heavy atom. The molecule has 2 nitrogen and oxygen atoms in total. The molecule has 0 spiro atoms. The van der Waals surface area contributed by atoms with E-state index in [2.05, 4.69) is 24.5 Å². The number of hydrogen-bond acceptors (Lipinski definition) is 2. The topological polar surface area (TPSA) is 29.1 Å². The van der Waals surface area contributed by atoms with Gasteiger partial charge in [0.15, 0.2) is 0 Å². The summed E-state index contributed by atoms with van der Waals surface area (Å²) in [5.41, 5.74) is 1.05. The van der Waals surface area contributed by atoms with E-state index < -0.39 is 0 Å². The van der Waals surface area contributed by atoms with E-state index in [1.165, 1.54) is 6.08 Å². The molecule has 0 aliphatic rings. The lowest BCUT2D eigenvalue weighted by Gasteiger charge is -2.01. The van der Waals surface area contributed by atoms with Crippen molar-refractivity contribution >= 4 is 18.5 Å². The highest BCUT2D eigenvalue weighted by Gasteiger charge is 1.94. The fraction of sp³-hybridized carbons (Fsp3) is 0.100. The molecule has 0 atom stereocenters. The molecule has 13 heavy (non-hydrogen) atoms. The van der Waals surface area contributed by atoms with Crippen molar-refractivity contribution in [2.45, 2.75) is 11.4 Å². The highest BCUT2D eigenvalue weighted by molar-refractivity contribution is 7.80. The highest BCUT2D eigenvalue weighted by atomic mass is 32.1. The molecule has 0 aromatic heterocycles. The van der Waals surface area contributed by atoms with Crippen molar-refractivity contribution in [3.8, 4) is 0 Å². The fourth-order valence-electron chi connectivity index (χ4n) is 0.875. The van der Waals surface area contributed by atoms with Crippen molar-refractivity contribution in [1.29, 1.82) is 0 Å². The van der Waals surface area contributed by atoms with Crippen LogP contribution in [0.2, 0.25) is 0 Å². The molecule has 0 saturated heterocycles. The number of amides is 1. The van der Waals surface area contributed by atoms with Gasteiger partial charge in [-0.1, -0.05) is 18.7 Å². The SMILES string of the molecule is C=CC(=O)NCc1ccc(S)cc1. The first-order chi connectivity index (χ1) is 6.22. The Balaban J connectivity index is 2.50. The molecule has 1 amide bonds. The Morgan fingerprint density at radius 1 is 1.46 bits per heavy atom. The quantitative estimate of drug-likeness (QED) is 0.556. The fourth-order valence-corrected chi connectivity index (χ4v) is 1.02. The molecule has 1 aromatic rings. The van der Waals surface area contributed by atoms with Crippen molar-refractivity contribution in [2.75, 3.05) is 0 Å². The molecule has 3 heteroatoms. The number of rotatable bonds is 3. The molecule has 68 valence electrons. The van der Waals surface area contributed by atoms with Gasteiger partial charge in [-0.3, -0.25) is 4.79 Å². The summed E-state index contributed by atoms with van der Waals surface area (Å²) in [5, 5.41) is 2.69. The predicted octanol–water partition coefficient (Wildman–Crippen LogP) is 1.78. The lowest BCUT2D eigenvalue weighted by molar-refractivity contribution is -0.116. The van der Waals surface area contributed by atoms with E-state index in [0.29, 0.717) is 6.54 Å². The Kier molecular flexibility index (Phi) is 3.58. The van der Waals surface area contributed by atoms with Gasteiger partial charge in [0.25, 0.3) is 0 Å². The van der Waals surface area contributed by atoms with Gasteiger partial charge >= 0.3 is 0 Å². The lowest BCUT2D eigenvalue weighted by atomic mass is 10.2. The summed E-state index contributed by atoms with van der Waals surface area (Å²) in [6.07, 6.45) is 1.26. The molecule has 0 heterocycles. The van der Waals surface area contributed by atoms with Crippen molar-refractivity contribution < 1.29 is 4.79 Å². The predicted molar refractivity (Wildman–Crippen MR) is 55.7 cm³/mol. The van der Waals surface area contributed by atoms with Crippen molar-refractivity contribution in [3.63, 3.8) is 0 Å². The zero-order valence-electron chi connectivity index (χ0n) is 7.16. The second kappa shape index (κ2) is 4.72. The van der Waals surface area contributed by atoms with Crippen molar-refractivity contribution in [2.24, 2.45) is 0 Å². The van der Waals surface area contributed by atoms with Crippen LogP contribution in [0.1, 0.15) is 5.56 Å². The Hall–Kier alpha value is -1.22. The maximum Gasteiger partial charge on any atom is 0.243 e. The second-order valence-corrected chi connectivity index (χ2v) is 3.10. The second-order valence-electron chi connectivity index (χ2n) is 2.59. The summed E-state index contributed by atoms with van der Waals surface area (Å²) in [5.74, 6) is -0.157. The van der Waals surface area contributed by atoms with Gasteiger partial charge in [-0.25, -0.2) is 0 Å². The van der Waals surface area contributed by atoms with E-state index in [-0.39, 0.29) is 5.91 Å². The van der Waals surface area contributed by atoms with Crippen LogP contribution in [0.25, 0.3) is 0 Å². The third-order valence-electron chi connectivity index (χ3n) is 1.59. The molecule has 0 unspecified atom stereocenters. The molecular weight excluding hydrogens is 182 g/mol. The largest absolute Gasteiger partial charge is 0.348 e. The summed E-state index contributed by atoms with van der Waals surface area (Å²) in [4.78, 5) is 11.7. The zero-order chi connectivity index (χ0) is 9.68. The molecule has 0 radical (unpaired) electrons. The standard InChI is InChI=1S/C10H11NOS/c1-2-10(12)11-7-8-3-5-9(13)6-4-8/h2-6,13H,1,7H2,(H,11,12). The van der Waals surface area contributed by atoms with Crippen LogP contribution in [0, 0.1) is 0 Å². The summed E-state index contributed by atoms with van der Waals surface area (Å²) in [6.45, 7) is 3.89. The smallest absolute Gasteiger partial charge is 0.243 e. The minimum Gasteiger partial charge on any atom is -0.348 e. The van der Waals surface area contributed by atoms with Crippen LogP contribution in [0.4, 0.5) is 0 Å². The first-order valence-corrected chi connectivity index (χ1v) is 4.35. The van der Waals surface area contributed by atoms with Crippen LogP contribution in [-0.4, -0.2) is 5.91 Å². The van der Waals surface area contributed by atoms with Gasteiger partial charge in [0.1, 0.15) is 0 Å². The molecule has 0 fully saturated rings. The molecule has 0 aliphatic carbocycles. The zero-order valence-corrected chi connectivity index (χ0v) is 8.05. The molecule has 0 bridgehead atoms. The van der Waals surface area contributed by atoms with E-state index in [0.717, 1.165) is 10.5 Å². The van der Waals surface area contributed by atoms with Crippen LogP contribution in [0.15, 0.2) is 41.8 Å². The molecule has 0 saturated carbocycles. The van der Waals surface area contributed by atoms with Crippen LogP contribution in [0.5, 0.6) is 0 Å². The minimum absolute atomic E-state index is 0.157. The Labute approximate surface area is 83.1 Å². The number of nitrogens with one attached hydrogen (secondary N) is 1. The van der Waals surface area contributed by atoms with Gasteiger partial charge in [0.2, 0.25) is 5.91 Å².